The second-order valence-electron chi connectivity index (χ2n) is 4.27. The van der Waals surface area contributed by atoms with Crippen LogP contribution in [0.1, 0.15) is 16.1 Å². The van der Waals surface area contributed by atoms with E-state index in [1.54, 1.807) is 17.9 Å². The van der Waals surface area contributed by atoms with Crippen LogP contribution in [0.15, 0.2) is 24.5 Å². The maximum atomic E-state index is 12.0. The SMILES string of the molecule is Cn1ccc(CCNC(=O)c2cc(Cl)ncc2[N+](=O)[O-])n1. The standard InChI is InChI=1S/C12H12ClN5O3/c1-17-5-3-8(16-17)2-4-14-12(19)9-6-11(13)15-7-10(9)18(20)21/h3,5-7H,2,4H2,1H3,(H,14,19). The van der Waals surface area contributed by atoms with Crippen molar-refractivity contribution in [1.82, 2.24) is 20.1 Å². The summed E-state index contributed by atoms with van der Waals surface area (Å²) in [5.74, 6) is -0.568. The number of carbonyl (C=O) groups excluding carboxylic acids is 1. The smallest absolute Gasteiger partial charge is 0.300 e. The van der Waals surface area contributed by atoms with Gasteiger partial charge in [-0.25, -0.2) is 4.98 Å². The maximum absolute atomic E-state index is 12.0. The van der Waals surface area contributed by atoms with Crippen molar-refractivity contribution in [2.45, 2.75) is 6.42 Å². The first-order valence-corrected chi connectivity index (χ1v) is 6.42. The zero-order valence-corrected chi connectivity index (χ0v) is 11.9. The monoisotopic (exact) mass is 309 g/mol. The normalized spacial score (nSPS) is 10.4. The molecule has 0 atom stereocenters. The highest BCUT2D eigenvalue weighted by atomic mass is 35.5. The topological polar surface area (TPSA) is 103 Å². The summed E-state index contributed by atoms with van der Waals surface area (Å²) in [5.41, 5.74) is 0.329. The first-order chi connectivity index (χ1) is 9.97. The summed E-state index contributed by atoms with van der Waals surface area (Å²) in [6, 6.07) is 3.01. The van der Waals surface area contributed by atoms with E-state index in [1.165, 1.54) is 6.07 Å². The fraction of sp³-hybridized carbons (Fsp3) is 0.250. The summed E-state index contributed by atoms with van der Waals surface area (Å²) in [6.45, 7) is 0.312. The predicted molar refractivity (Wildman–Crippen MR) is 75.1 cm³/mol. The molecule has 0 aliphatic carbocycles. The van der Waals surface area contributed by atoms with Crippen LogP contribution in [0.25, 0.3) is 0 Å². The van der Waals surface area contributed by atoms with Crippen molar-refractivity contribution in [3.63, 3.8) is 0 Å². The Labute approximate surface area is 124 Å². The molecule has 0 bridgehead atoms. The average Bonchev–Trinajstić information content (AvgIpc) is 2.84. The van der Waals surface area contributed by atoms with Crippen LogP contribution in [0.5, 0.6) is 0 Å². The van der Waals surface area contributed by atoms with Gasteiger partial charge in [-0.3, -0.25) is 19.6 Å². The van der Waals surface area contributed by atoms with Crippen molar-refractivity contribution in [1.29, 1.82) is 0 Å². The fourth-order valence-electron chi connectivity index (χ4n) is 1.75. The third-order valence-corrected chi connectivity index (χ3v) is 2.93. The number of nitro groups is 1. The molecule has 0 aliphatic heterocycles. The highest BCUT2D eigenvalue weighted by Crippen LogP contribution is 2.20. The first kappa shape index (κ1) is 14.9. The third-order valence-electron chi connectivity index (χ3n) is 2.73. The summed E-state index contributed by atoms with van der Waals surface area (Å²) in [6.07, 6.45) is 3.29. The van der Waals surface area contributed by atoms with Gasteiger partial charge in [0.25, 0.3) is 11.6 Å². The summed E-state index contributed by atoms with van der Waals surface area (Å²) in [5, 5.41) is 17.7. The number of halogens is 1. The number of amides is 1. The van der Waals surface area contributed by atoms with E-state index in [0.29, 0.717) is 13.0 Å². The highest BCUT2D eigenvalue weighted by molar-refractivity contribution is 6.29. The molecule has 1 amide bonds. The average molecular weight is 310 g/mol. The molecule has 0 aliphatic rings. The van der Waals surface area contributed by atoms with E-state index in [4.69, 9.17) is 11.6 Å². The number of nitrogens with one attached hydrogen (secondary N) is 1. The van der Waals surface area contributed by atoms with Gasteiger partial charge < -0.3 is 5.32 Å². The maximum Gasteiger partial charge on any atom is 0.300 e. The fourth-order valence-corrected chi connectivity index (χ4v) is 1.90. The Morgan fingerprint density at radius 1 is 1.57 bits per heavy atom. The second-order valence-corrected chi connectivity index (χ2v) is 4.66. The molecule has 0 saturated carbocycles. The van der Waals surface area contributed by atoms with Crippen LogP contribution in [0, 0.1) is 10.1 Å². The Kier molecular flexibility index (Phi) is 4.49. The van der Waals surface area contributed by atoms with Crippen molar-refractivity contribution >= 4 is 23.2 Å². The number of aryl methyl sites for hydroxylation is 1. The Morgan fingerprint density at radius 3 is 2.95 bits per heavy atom. The number of rotatable bonds is 5. The molecule has 0 saturated heterocycles. The van der Waals surface area contributed by atoms with Crippen molar-refractivity contribution in [3.8, 4) is 0 Å². The summed E-state index contributed by atoms with van der Waals surface area (Å²) >= 11 is 5.67. The van der Waals surface area contributed by atoms with Gasteiger partial charge in [0, 0.05) is 26.2 Å². The van der Waals surface area contributed by atoms with E-state index in [9.17, 15) is 14.9 Å². The Morgan fingerprint density at radius 2 is 2.33 bits per heavy atom. The van der Waals surface area contributed by atoms with E-state index in [-0.39, 0.29) is 16.4 Å². The van der Waals surface area contributed by atoms with Gasteiger partial charge in [-0.15, -0.1) is 0 Å². The predicted octanol–water partition coefficient (Wildman–Crippen LogP) is 1.35. The molecule has 2 rings (SSSR count). The minimum atomic E-state index is -0.670. The molecule has 0 radical (unpaired) electrons. The molecule has 1 N–H and O–H groups in total. The molecule has 0 aromatic carbocycles. The molecule has 2 aromatic heterocycles. The lowest BCUT2D eigenvalue weighted by Crippen LogP contribution is -2.26. The lowest BCUT2D eigenvalue weighted by molar-refractivity contribution is -0.385. The van der Waals surface area contributed by atoms with Crippen LogP contribution in [0.3, 0.4) is 0 Å². The van der Waals surface area contributed by atoms with Gasteiger partial charge >= 0.3 is 0 Å². The van der Waals surface area contributed by atoms with Crippen molar-refractivity contribution in [2.75, 3.05) is 6.54 Å². The van der Waals surface area contributed by atoms with Gasteiger partial charge in [0.05, 0.1) is 10.6 Å². The molecule has 0 spiro atoms. The molecule has 21 heavy (non-hydrogen) atoms. The van der Waals surface area contributed by atoms with Gasteiger partial charge in [0.1, 0.15) is 16.9 Å². The highest BCUT2D eigenvalue weighted by Gasteiger charge is 2.21. The van der Waals surface area contributed by atoms with E-state index in [2.05, 4.69) is 15.4 Å². The molecule has 8 nitrogen and oxygen atoms in total. The first-order valence-electron chi connectivity index (χ1n) is 6.04. The van der Waals surface area contributed by atoms with Crippen LogP contribution in [-0.2, 0) is 13.5 Å². The largest absolute Gasteiger partial charge is 0.351 e. The Hall–Kier alpha value is -2.48. The van der Waals surface area contributed by atoms with Crippen LogP contribution >= 0.6 is 11.6 Å². The zero-order chi connectivity index (χ0) is 15.4. The summed E-state index contributed by atoms with van der Waals surface area (Å²) < 4.78 is 1.66. The summed E-state index contributed by atoms with van der Waals surface area (Å²) in [7, 11) is 1.80. The zero-order valence-electron chi connectivity index (χ0n) is 11.1. The van der Waals surface area contributed by atoms with E-state index in [0.717, 1.165) is 11.9 Å². The van der Waals surface area contributed by atoms with Crippen LogP contribution in [-0.4, -0.2) is 32.1 Å². The Balaban J connectivity index is 2.03. The van der Waals surface area contributed by atoms with Crippen molar-refractivity contribution < 1.29 is 9.72 Å². The molecule has 9 heteroatoms. The van der Waals surface area contributed by atoms with Gasteiger partial charge in [-0.05, 0) is 12.1 Å². The van der Waals surface area contributed by atoms with Gasteiger partial charge in [-0.2, -0.15) is 5.10 Å². The number of carbonyl (C=O) groups is 1. The van der Waals surface area contributed by atoms with Gasteiger partial charge in [-0.1, -0.05) is 11.6 Å². The minimum Gasteiger partial charge on any atom is -0.351 e. The van der Waals surface area contributed by atoms with Gasteiger partial charge in [0.15, 0.2) is 0 Å². The van der Waals surface area contributed by atoms with E-state index < -0.39 is 10.8 Å². The quantitative estimate of drug-likeness (QED) is 0.510. The molecule has 0 unspecified atom stereocenters. The molecule has 0 fully saturated rings. The van der Waals surface area contributed by atoms with Gasteiger partial charge in [0.2, 0.25) is 0 Å². The Bertz CT molecular complexity index is 685. The number of aromatic nitrogens is 3. The third kappa shape index (κ3) is 3.76. The van der Waals surface area contributed by atoms with Crippen LogP contribution in [0.4, 0.5) is 5.69 Å². The van der Waals surface area contributed by atoms with E-state index >= 15 is 0 Å². The molecule has 110 valence electrons. The number of hydrogen-bond donors (Lipinski definition) is 1. The number of pyridine rings is 1. The van der Waals surface area contributed by atoms with Crippen molar-refractivity contribution in [3.05, 3.63) is 51.1 Å². The summed E-state index contributed by atoms with van der Waals surface area (Å²) in [4.78, 5) is 25.8. The van der Waals surface area contributed by atoms with E-state index in [1.807, 2.05) is 6.07 Å². The molecule has 2 heterocycles. The lowest BCUT2D eigenvalue weighted by atomic mass is 10.2. The number of hydrogen-bond acceptors (Lipinski definition) is 5. The van der Waals surface area contributed by atoms with Crippen molar-refractivity contribution in [2.24, 2.45) is 7.05 Å². The molecular weight excluding hydrogens is 298 g/mol. The molecular formula is C12H12ClN5O3. The van der Waals surface area contributed by atoms with Crippen LogP contribution in [0.2, 0.25) is 5.15 Å². The number of nitrogens with zero attached hydrogens (tertiary/aromatic N) is 4. The lowest BCUT2D eigenvalue weighted by Gasteiger charge is -2.05. The minimum absolute atomic E-state index is 0.0236. The van der Waals surface area contributed by atoms with Crippen LogP contribution < -0.4 is 5.32 Å². The molecule has 2 aromatic rings. The second kappa shape index (κ2) is 6.31.